The first kappa shape index (κ1) is 6.83. The zero-order valence-corrected chi connectivity index (χ0v) is 4.69. The van der Waals surface area contributed by atoms with Crippen molar-refractivity contribution >= 4 is 6.03 Å². The summed E-state index contributed by atoms with van der Waals surface area (Å²) >= 11 is 0. The van der Waals surface area contributed by atoms with Gasteiger partial charge in [-0.05, 0) is 6.92 Å². The topological polar surface area (TPSA) is 41.1 Å². The number of terminal acetylenes is 1. The SMILES string of the molecule is C#CNC(=O)NCC. The van der Waals surface area contributed by atoms with Crippen LogP contribution in [0.5, 0.6) is 0 Å². The minimum Gasteiger partial charge on any atom is -0.338 e. The summed E-state index contributed by atoms with van der Waals surface area (Å²) in [7, 11) is 0. The van der Waals surface area contributed by atoms with Crippen LogP contribution in [0, 0.1) is 12.5 Å². The molecule has 0 aliphatic heterocycles. The van der Waals surface area contributed by atoms with Crippen molar-refractivity contribution in [1.82, 2.24) is 10.6 Å². The van der Waals surface area contributed by atoms with E-state index >= 15 is 0 Å². The molecular formula is C5H8N2O. The summed E-state index contributed by atoms with van der Waals surface area (Å²) < 4.78 is 0. The van der Waals surface area contributed by atoms with Crippen molar-refractivity contribution in [3.8, 4) is 12.5 Å². The first-order valence-corrected chi connectivity index (χ1v) is 2.30. The van der Waals surface area contributed by atoms with Gasteiger partial charge >= 0.3 is 6.03 Å². The van der Waals surface area contributed by atoms with Gasteiger partial charge in [0.05, 0.1) is 0 Å². The fourth-order valence-electron chi connectivity index (χ4n) is 0.270. The highest BCUT2D eigenvalue weighted by atomic mass is 16.2. The number of carbonyl (C=O) groups is 1. The van der Waals surface area contributed by atoms with Crippen LogP contribution >= 0.6 is 0 Å². The Kier molecular flexibility index (Phi) is 3.42. The normalized spacial score (nSPS) is 7.00. The summed E-state index contributed by atoms with van der Waals surface area (Å²) in [5, 5.41) is 4.58. The molecule has 0 saturated carbocycles. The zero-order chi connectivity index (χ0) is 6.41. The lowest BCUT2D eigenvalue weighted by atomic mass is 10.7. The minimum absolute atomic E-state index is 0.324. The first-order valence-electron chi connectivity index (χ1n) is 2.30. The Bertz CT molecular complexity index is 114. The van der Waals surface area contributed by atoms with Gasteiger partial charge in [-0.25, -0.2) is 4.79 Å². The Balaban J connectivity index is 3.23. The van der Waals surface area contributed by atoms with Gasteiger partial charge in [0, 0.05) is 12.6 Å². The smallest absolute Gasteiger partial charge is 0.326 e. The number of hydrogen-bond acceptors (Lipinski definition) is 1. The zero-order valence-electron chi connectivity index (χ0n) is 4.69. The summed E-state index contributed by atoms with van der Waals surface area (Å²) in [4.78, 5) is 10.3. The molecule has 0 aliphatic rings. The fourth-order valence-corrected chi connectivity index (χ4v) is 0.270. The van der Waals surface area contributed by atoms with E-state index in [4.69, 9.17) is 6.42 Å². The Morgan fingerprint density at radius 3 is 2.88 bits per heavy atom. The number of hydrogen-bond donors (Lipinski definition) is 2. The minimum atomic E-state index is -0.324. The van der Waals surface area contributed by atoms with E-state index in [2.05, 4.69) is 10.6 Å². The highest BCUT2D eigenvalue weighted by Crippen LogP contribution is 1.57. The molecule has 44 valence electrons. The van der Waals surface area contributed by atoms with Gasteiger partial charge in [-0.2, -0.15) is 0 Å². The molecule has 0 aromatic heterocycles. The molecule has 0 unspecified atom stereocenters. The maximum atomic E-state index is 10.3. The molecule has 2 amide bonds. The van der Waals surface area contributed by atoms with Crippen molar-refractivity contribution in [2.75, 3.05) is 6.54 Å². The molecule has 0 heterocycles. The lowest BCUT2D eigenvalue weighted by Gasteiger charge is -1.95. The van der Waals surface area contributed by atoms with Crippen LogP contribution in [0.15, 0.2) is 0 Å². The van der Waals surface area contributed by atoms with E-state index in [0.29, 0.717) is 6.54 Å². The van der Waals surface area contributed by atoms with E-state index in [-0.39, 0.29) is 6.03 Å². The van der Waals surface area contributed by atoms with Gasteiger partial charge in [0.1, 0.15) is 0 Å². The fraction of sp³-hybridized carbons (Fsp3) is 0.400. The van der Waals surface area contributed by atoms with E-state index in [1.54, 1.807) is 0 Å². The molecule has 0 fully saturated rings. The highest BCUT2D eigenvalue weighted by molar-refractivity contribution is 5.75. The summed E-state index contributed by atoms with van der Waals surface area (Å²) in [6.45, 7) is 2.41. The predicted octanol–water partition coefficient (Wildman–Crippen LogP) is -0.104. The van der Waals surface area contributed by atoms with Gasteiger partial charge in [-0.1, -0.05) is 6.42 Å². The van der Waals surface area contributed by atoms with Crippen molar-refractivity contribution in [2.24, 2.45) is 0 Å². The third kappa shape index (κ3) is 3.04. The van der Waals surface area contributed by atoms with Crippen LogP contribution in [0.2, 0.25) is 0 Å². The standard InChI is InChI=1S/C5H8N2O/c1-3-6-5(8)7-4-2/h1H,4H2,2H3,(H2,6,7,8). The van der Waals surface area contributed by atoms with Crippen LogP contribution in [-0.4, -0.2) is 12.6 Å². The number of rotatable bonds is 1. The molecule has 0 saturated heterocycles. The van der Waals surface area contributed by atoms with Crippen molar-refractivity contribution < 1.29 is 4.79 Å². The maximum absolute atomic E-state index is 10.3. The number of carbonyl (C=O) groups excluding carboxylic acids is 1. The lowest BCUT2D eigenvalue weighted by molar-refractivity contribution is 0.245. The van der Waals surface area contributed by atoms with Crippen molar-refractivity contribution in [3.63, 3.8) is 0 Å². The highest BCUT2D eigenvalue weighted by Gasteiger charge is 1.88. The van der Waals surface area contributed by atoms with E-state index in [9.17, 15) is 4.79 Å². The Morgan fingerprint density at radius 2 is 2.50 bits per heavy atom. The van der Waals surface area contributed by atoms with Crippen molar-refractivity contribution in [3.05, 3.63) is 0 Å². The predicted molar refractivity (Wildman–Crippen MR) is 31.0 cm³/mol. The van der Waals surface area contributed by atoms with Gasteiger partial charge in [0.15, 0.2) is 0 Å². The second-order valence-corrected chi connectivity index (χ2v) is 1.13. The van der Waals surface area contributed by atoms with Crippen LogP contribution < -0.4 is 10.6 Å². The quantitative estimate of drug-likeness (QED) is 0.361. The van der Waals surface area contributed by atoms with E-state index < -0.39 is 0 Å². The van der Waals surface area contributed by atoms with Crippen molar-refractivity contribution in [1.29, 1.82) is 0 Å². The maximum Gasteiger partial charge on any atom is 0.326 e. The molecule has 0 spiro atoms. The monoisotopic (exact) mass is 112 g/mol. The summed E-state index contributed by atoms with van der Waals surface area (Å²) in [6.07, 6.45) is 4.74. The summed E-state index contributed by atoms with van der Waals surface area (Å²) in [6, 6.07) is 1.67. The second-order valence-electron chi connectivity index (χ2n) is 1.13. The molecular weight excluding hydrogens is 104 g/mol. The number of urea groups is 1. The van der Waals surface area contributed by atoms with Crippen LogP contribution in [0.25, 0.3) is 0 Å². The third-order valence-electron chi connectivity index (χ3n) is 0.523. The van der Waals surface area contributed by atoms with Gasteiger partial charge in [-0.15, -0.1) is 0 Å². The Labute approximate surface area is 48.5 Å². The molecule has 0 aromatic carbocycles. The van der Waals surface area contributed by atoms with E-state index in [1.165, 1.54) is 0 Å². The van der Waals surface area contributed by atoms with Crippen LogP contribution in [0.3, 0.4) is 0 Å². The Hall–Kier alpha value is -1.17. The molecule has 0 aromatic rings. The summed E-state index contributed by atoms with van der Waals surface area (Å²) in [5.74, 6) is 0. The van der Waals surface area contributed by atoms with Crippen LogP contribution in [-0.2, 0) is 0 Å². The summed E-state index contributed by atoms with van der Waals surface area (Å²) in [5.41, 5.74) is 0. The lowest BCUT2D eigenvalue weighted by Crippen LogP contribution is -2.31. The molecule has 3 heteroatoms. The van der Waals surface area contributed by atoms with Gasteiger partial charge in [-0.3, -0.25) is 5.32 Å². The first-order chi connectivity index (χ1) is 3.81. The Morgan fingerprint density at radius 1 is 1.88 bits per heavy atom. The molecule has 0 rings (SSSR count). The van der Waals surface area contributed by atoms with E-state index in [1.807, 2.05) is 13.0 Å². The molecule has 3 nitrogen and oxygen atoms in total. The molecule has 0 atom stereocenters. The number of nitrogens with one attached hydrogen (secondary N) is 2. The second kappa shape index (κ2) is 4.00. The van der Waals surface area contributed by atoms with E-state index in [0.717, 1.165) is 0 Å². The number of amides is 2. The molecule has 0 radical (unpaired) electrons. The van der Waals surface area contributed by atoms with Gasteiger partial charge in [0.2, 0.25) is 0 Å². The van der Waals surface area contributed by atoms with Gasteiger partial charge in [0.25, 0.3) is 0 Å². The van der Waals surface area contributed by atoms with Crippen molar-refractivity contribution in [2.45, 2.75) is 6.92 Å². The average Bonchev–Trinajstić information content (AvgIpc) is 1.68. The third-order valence-corrected chi connectivity index (χ3v) is 0.523. The van der Waals surface area contributed by atoms with Crippen LogP contribution in [0.4, 0.5) is 4.79 Å². The van der Waals surface area contributed by atoms with Crippen LogP contribution in [0.1, 0.15) is 6.92 Å². The molecule has 0 bridgehead atoms. The molecule has 8 heavy (non-hydrogen) atoms. The van der Waals surface area contributed by atoms with Gasteiger partial charge < -0.3 is 5.32 Å². The average molecular weight is 112 g/mol. The molecule has 2 N–H and O–H groups in total. The molecule has 0 aliphatic carbocycles. The largest absolute Gasteiger partial charge is 0.338 e.